The molecule has 2 aromatic rings. The van der Waals surface area contributed by atoms with Crippen LogP contribution in [0.2, 0.25) is 0 Å². The lowest BCUT2D eigenvalue weighted by molar-refractivity contribution is 0.254. The zero-order valence-corrected chi connectivity index (χ0v) is 12.1. The molecule has 3 heteroatoms. The summed E-state index contributed by atoms with van der Waals surface area (Å²) in [5, 5.41) is 3.59. The van der Waals surface area contributed by atoms with Gasteiger partial charge in [0.05, 0.1) is 18.6 Å². The summed E-state index contributed by atoms with van der Waals surface area (Å²) in [5.41, 5.74) is 3.75. The van der Waals surface area contributed by atoms with Gasteiger partial charge in [0.2, 0.25) is 0 Å². The molecule has 3 nitrogen and oxygen atoms in total. The van der Waals surface area contributed by atoms with E-state index in [-0.39, 0.29) is 12.1 Å². The molecular weight excluding hydrogens is 250 g/mol. The van der Waals surface area contributed by atoms with Crippen molar-refractivity contribution in [3.8, 4) is 5.75 Å². The number of hydrogen-bond acceptors (Lipinski definition) is 3. The fraction of sp³-hybridized carbons (Fsp3) is 0.412. The van der Waals surface area contributed by atoms with Crippen LogP contribution in [-0.4, -0.2) is 12.6 Å². The summed E-state index contributed by atoms with van der Waals surface area (Å²) < 4.78 is 11.0. The fourth-order valence-electron chi connectivity index (χ4n) is 2.78. The number of benzene rings is 1. The molecule has 0 saturated carbocycles. The van der Waals surface area contributed by atoms with E-state index in [0.29, 0.717) is 0 Å². The first-order valence-corrected chi connectivity index (χ1v) is 7.33. The fourth-order valence-corrected chi connectivity index (χ4v) is 2.78. The average Bonchev–Trinajstić information content (AvgIpc) is 3.07. The van der Waals surface area contributed by atoms with Crippen LogP contribution < -0.4 is 10.1 Å². The Balaban J connectivity index is 1.90. The standard InChI is InChI=1S/C17H21NO2/c1-3-7-18-17(14-6-8-19-11-14)13-4-5-16-15(10-13)9-12(2)20-16/h4-6,8,10-12,17-18H,3,7,9H2,1-2H3. The van der Waals surface area contributed by atoms with Crippen LogP contribution in [0.3, 0.4) is 0 Å². The van der Waals surface area contributed by atoms with E-state index >= 15 is 0 Å². The first-order chi connectivity index (χ1) is 9.78. The number of ether oxygens (including phenoxy) is 1. The van der Waals surface area contributed by atoms with Gasteiger partial charge in [-0.25, -0.2) is 0 Å². The summed E-state index contributed by atoms with van der Waals surface area (Å²) in [5.74, 6) is 1.03. The van der Waals surface area contributed by atoms with Gasteiger partial charge in [-0.3, -0.25) is 0 Å². The minimum Gasteiger partial charge on any atom is -0.490 e. The van der Waals surface area contributed by atoms with Gasteiger partial charge in [-0.2, -0.15) is 0 Å². The Kier molecular flexibility index (Phi) is 3.79. The molecule has 0 bridgehead atoms. The lowest BCUT2D eigenvalue weighted by Crippen LogP contribution is -2.22. The molecule has 1 aliphatic rings. The molecule has 106 valence electrons. The van der Waals surface area contributed by atoms with Crippen LogP contribution in [0.15, 0.2) is 41.2 Å². The van der Waals surface area contributed by atoms with Crippen LogP contribution in [0.5, 0.6) is 5.75 Å². The van der Waals surface area contributed by atoms with Crippen molar-refractivity contribution in [2.45, 2.75) is 38.8 Å². The Morgan fingerprint density at radius 3 is 2.95 bits per heavy atom. The van der Waals surface area contributed by atoms with Crippen molar-refractivity contribution >= 4 is 0 Å². The second-order valence-corrected chi connectivity index (χ2v) is 5.44. The van der Waals surface area contributed by atoms with Gasteiger partial charge in [0.1, 0.15) is 11.9 Å². The monoisotopic (exact) mass is 271 g/mol. The highest BCUT2D eigenvalue weighted by Crippen LogP contribution is 2.32. The molecule has 3 rings (SSSR count). The minimum absolute atomic E-state index is 0.190. The summed E-state index contributed by atoms with van der Waals surface area (Å²) in [6.45, 7) is 5.28. The summed E-state index contributed by atoms with van der Waals surface area (Å²) in [6, 6.07) is 8.72. The van der Waals surface area contributed by atoms with E-state index in [0.717, 1.165) is 25.1 Å². The largest absolute Gasteiger partial charge is 0.490 e. The number of fused-ring (bicyclic) bond motifs is 1. The van der Waals surface area contributed by atoms with Gasteiger partial charge < -0.3 is 14.5 Å². The molecule has 2 atom stereocenters. The van der Waals surface area contributed by atoms with Crippen LogP contribution in [0.25, 0.3) is 0 Å². The van der Waals surface area contributed by atoms with E-state index in [1.165, 1.54) is 16.7 Å². The van der Waals surface area contributed by atoms with Crippen molar-refractivity contribution in [1.29, 1.82) is 0 Å². The Bertz CT molecular complexity index is 562. The van der Waals surface area contributed by atoms with E-state index in [1.54, 1.807) is 6.26 Å². The van der Waals surface area contributed by atoms with Crippen LogP contribution in [0.1, 0.15) is 43.0 Å². The van der Waals surface area contributed by atoms with E-state index in [2.05, 4.69) is 37.4 Å². The van der Waals surface area contributed by atoms with Gasteiger partial charge in [-0.05, 0) is 43.1 Å². The lowest BCUT2D eigenvalue weighted by atomic mass is 9.97. The SMILES string of the molecule is CCCNC(c1ccoc1)c1ccc2c(c1)CC(C)O2. The third-order valence-corrected chi connectivity index (χ3v) is 3.73. The third-order valence-electron chi connectivity index (χ3n) is 3.73. The maximum Gasteiger partial charge on any atom is 0.123 e. The van der Waals surface area contributed by atoms with E-state index in [4.69, 9.17) is 9.15 Å². The normalized spacial score (nSPS) is 18.6. The molecule has 1 aromatic heterocycles. The highest BCUT2D eigenvalue weighted by Gasteiger charge is 2.22. The van der Waals surface area contributed by atoms with E-state index < -0.39 is 0 Å². The maximum absolute atomic E-state index is 5.77. The number of furan rings is 1. The van der Waals surface area contributed by atoms with Crippen LogP contribution in [0, 0.1) is 0 Å². The van der Waals surface area contributed by atoms with E-state index in [1.807, 2.05) is 12.3 Å². The second kappa shape index (κ2) is 5.71. The summed E-state index contributed by atoms with van der Waals surface area (Å²) >= 11 is 0. The van der Waals surface area contributed by atoms with E-state index in [9.17, 15) is 0 Å². The molecule has 0 radical (unpaired) electrons. The maximum atomic E-state index is 5.77. The quantitative estimate of drug-likeness (QED) is 0.900. The van der Waals surface area contributed by atoms with Gasteiger partial charge in [0, 0.05) is 12.0 Å². The molecule has 0 saturated heterocycles. The van der Waals surface area contributed by atoms with Crippen molar-refractivity contribution in [1.82, 2.24) is 5.32 Å². The number of hydrogen-bond donors (Lipinski definition) is 1. The number of nitrogens with one attached hydrogen (secondary N) is 1. The van der Waals surface area contributed by atoms with Gasteiger partial charge in [-0.1, -0.05) is 19.1 Å². The molecule has 2 unspecified atom stereocenters. The first kappa shape index (κ1) is 13.3. The highest BCUT2D eigenvalue weighted by atomic mass is 16.5. The van der Waals surface area contributed by atoms with Crippen molar-refractivity contribution in [3.05, 3.63) is 53.5 Å². The Labute approximate surface area is 119 Å². The zero-order chi connectivity index (χ0) is 13.9. The Morgan fingerprint density at radius 2 is 2.20 bits per heavy atom. The topological polar surface area (TPSA) is 34.4 Å². The second-order valence-electron chi connectivity index (χ2n) is 5.44. The number of rotatable bonds is 5. The predicted molar refractivity (Wildman–Crippen MR) is 79.1 cm³/mol. The predicted octanol–water partition coefficient (Wildman–Crippen LogP) is 3.69. The molecule has 0 aliphatic carbocycles. The van der Waals surface area contributed by atoms with Crippen LogP contribution >= 0.6 is 0 Å². The van der Waals surface area contributed by atoms with Gasteiger partial charge in [0.25, 0.3) is 0 Å². The summed E-state index contributed by atoms with van der Waals surface area (Å²) in [7, 11) is 0. The third kappa shape index (κ3) is 2.59. The highest BCUT2D eigenvalue weighted by molar-refractivity contribution is 5.43. The molecule has 2 heterocycles. The lowest BCUT2D eigenvalue weighted by Gasteiger charge is -2.18. The van der Waals surface area contributed by atoms with Crippen molar-refractivity contribution in [2.75, 3.05) is 6.54 Å². The molecular formula is C17H21NO2. The zero-order valence-electron chi connectivity index (χ0n) is 12.1. The molecule has 1 N–H and O–H groups in total. The van der Waals surface area contributed by atoms with Crippen molar-refractivity contribution in [2.24, 2.45) is 0 Å². The van der Waals surface area contributed by atoms with Crippen LogP contribution in [0.4, 0.5) is 0 Å². The van der Waals surface area contributed by atoms with Crippen molar-refractivity contribution < 1.29 is 9.15 Å². The Hall–Kier alpha value is -1.74. The molecule has 1 aliphatic heterocycles. The molecule has 0 fully saturated rings. The van der Waals surface area contributed by atoms with Gasteiger partial charge in [-0.15, -0.1) is 0 Å². The first-order valence-electron chi connectivity index (χ1n) is 7.33. The molecule has 0 amide bonds. The molecule has 1 aromatic carbocycles. The smallest absolute Gasteiger partial charge is 0.123 e. The van der Waals surface area contributed by atoms with Crippen molar-refractivity contribution in [3.63, 3.8) is 0 Å². The van der Waals surface area contributed by atoms with Crippen LogP contribution in [-0.2, 0) is 6.42 Å². The molecule has 0 spiro atoms. The summed E-state index contributed by atoms with van der Waals surface area (Å²) in [4.78, 5) is 0. The molecule has 20 heavy (non-hydrogen) atoms. The van der Waals surface area contributed by atoms with Gasteiger partial charge in [0.15, 0.2) is 0 Å². The average molecular weight is 271 g/mol. The Morgan fingerprint density at radius 1 is 1.30 bits per heavy atom. The minimum atomic E-state index is 0.190. The van der Waals surface area contributed by atoms with Gasteiger partial charge >= 0.3 is 0 Å². The summed E-state index contributed by atoms with van der Waals surface area (Å²) in [6.07, 6.45) is 5.94.